The summed E-state index contributed by atoms with van der Waals surface area (Å²) in [5, 5.41) is 1.64. The molecule has 0 saturated carbocycles. The molecule has 0 saturated heterocycles. The second-order valence-electron chi connectivity index (χ2n) is 4.56. The van der Waals surface area contributed by atoms with Crippen LogP contribution in [0.1, 0.15) is 42.1 Å². The van der Waals surface area contributed by atoms with E-state index < -0.39 is 37.0 Å². The Hall–Kier alpha value is -1.74. The zero-order valence-corrected chi connectivity index (χ0v) is 12.9. The molecular weight excluding hydrogens is 300 g/mol. The van der Waals surface area contributed by atoms with Crippen molar-refractivity contribution in [3.05, 3.63) is 42.0 Å². The number of carbonyl (C=O) groups is 1. The highest BCUT2D eigenvalue weighted by Crippen LogP contribution is 2.25. The summed E-state index contributed by atoms with van der Waals surface area (Å²) in [7, 11) is 1.54. The molecule has 0 amide bonds. The number of benzene rings is 2. The molecule has 118 valence electrons. The Kier molecular flexibility index (Phi) is 3.21. The smallest absolute Gasteiger partial charge is 0.313 e. The van der Waals surface area contributed by atoms with Gasteiger partial charge in [0.15, 0.2) is 0 Å². The number of alkyl halides is 1. The standard InChI is InChI=1S/C18H21ClO3/c1-13(18(20)22-10-4-3-9-19)14-5-6-16-12-17(21-2)8-7-15(16)11-14/h5-8,11-13H,3-4,9-10H2,1-2H3/t13-/m0/s1/i3D2,4D2,9D2,10D2. The SMILES string of the molecule is [2H]C([2H])(Cl)C([2H])([2H])C([2H])([2H])C([2H])([2H])OC(=O)[C@@H](C)c1ccc2cc(OC)ccc2c1. The van der Waals surface area contributed by atoms with Crippen LogP contribution in [0.15, 0.2) is 36.4 Å². The zero-order valence-electron chi connectivity index (χ0n) is 20.1. The van der Waals surface area contributed by atoms with Gasteiger partial charge in [0, 0.05) is 14.1 Å². The van der Waals surface area contributed by atoms with Gasteiger partial charge in [-0.15, -0.1) is 11.6 Å². The van der Waals surface area contributed by atoms with Gasteiger partial charge in [0.2, 0.25) is 0 Å². The summed E-state index contributed by atoms with van der Waals surface area (Å²) in [4.78, 5) is 12.5. The molecule has 0 fully saturated rings. The minimum atomic E-state index is -3.58. The van der Waals surface area contributed by atoms with Crippen LogP contribution in [0.25, 0.3) is 10.8 Å². The molecule has 0 aromatic heterocycles. The average Bonchev–Trinajstić information content (AvgIpc) is 2.64. The number of rotatable bonds is 7. The van der Waals surface area contributed by atoms with Crippen LogP contribution in [0.2, 0.25) is 0 Å². The third-order valence-electron chi connectivity index (χ3n) is 3.24. The first-order chi connectivity index (χ1) is 13.5. The topological polar surface area (TPSA) is 35.5 Å². The van der Waals surface area contributed by atoms with E-state index in [1.165, 1.54) is 6.92 Å². The largest absolute Gasteiger partial charge is 0.497 e. The molecule has 0 spiro atoms. The normalized spacial score (nSPS) is 20.1. The van der Waals surface area contributed by atoms with Crippen LogP contribution in [0, 0.1) is 0 Å². The van der Waals surface area contributed by atoms with Gasteiger partial charge in [0.25, 0.3) is 0 Å². The van der Waals surface area contributed by atoms with Crippen LogP contribution >= 0.6 is 11.6 Å². The molecule has 4 heteroatoms. The number of hydrogen-bond donors (Lipinski definition) is 0. The third-order valence-corrected chi connectivity index (χ3v) is 3.33. The Bertz CT molecular complexity index is 943. The van der Waals surface area contributed by atoms with Crippen LogP contribution in [0.5, 0.6) is 5.75 Å². The van der Waals surface area contributed by atoms with Gasteiger partial charge in [0.05, 0.1) is 22.3 Å². The van der Waals surface area contributed by atoms with Gasteiger partial charge in [-0.3, -0.25) is 4.79 Å². The molecule has 0 radical (unpaired) electrons. The summed E-state index contributed by atoms with van der Waals surface area (Å²) in [6.45, 7) is -2.05. The highest BCUT2D eigenvalue weighted by molar-refractivity contribution is 6.17. The minimum absolute atomic E-state index is 0.477. The summed E-state index contributed by atoms with van der Waals surface area (Å²) in [6, 6.07) is 10.4. The Morgan fingerprint density at radius 2 is 1.95 bits per heavy atom. The molecule has 2 aromatic rings. The van der Waals surface area contributed by atoms with Crippen LogP contribution in [-0.2, 0) is 9.53 Å². The fourth-order valence-corrected chi connectivity index (χ4v) is 2.04. The molecule has 0 unspecified atom stereocenters. The number of methoxy groups -OCH3 is 1. The molecular formula is C18H21ClO3. The lowest BCUT2D eigenvalue weighted by Crippen LogP contribution is -2.14. The van der Waals surface area contributed by atoms with Crippen LogP contribution < -0.4 is 4.74 Å². The highest BCUT2D eigenvalue weighted by Gasteiger charge is 2.17. The maximum Gasteiger partial charge on any atom is 0.313 e. The predicted molar refractivity (Wildman–Crippen MR) is 89.8 cm³/mol. The van der Waals surface area contributed by atoms with Crippen molar-refractivity contribution in [2.75, 3.05) is 19.5 Å². The third kappa shape index (κ3) is 4.14. The van der Waals surface area contributed by atoms with Gasteiger partial charge in [-0.2, -0.15) is 0 Å². The van der Waals surface area contributed by atoms with E-state index in [1.807, 2.05) is 0 Å². The molecule has 2 aromatic carbocycles. The second-order valence-corrected chi connectivity index (χ2v) is 4.75. The molecule has 0 aliphatic heterocycles. The van der Waals surface area contributed by atoms with Gasteiger partial charge >= 0.3 is 5.97 Å². The summed E-state index contributed by atoms with van der Waals surface area (Å²) in [5.74, 6) is -4.73. The Morgan fingerprint density at radius 1 is 1.23 bits per heavy atom. The van der Waals surface area contributed by atoms with Gasteiger partial charge in [0.1, 0.15) is 5.75 Å². The van der Waals surface area contributed by atoms with Gasteiger partial charge in [-0.1, -0.05) is 24.3 Å². The lowest BCUT2D eigenvalue weighted by molar-refractivity contribution is -0.145. The minimum Gasteiger partial charge on any atom is -0.497 e. The lowest BCUT2D eigenvalue weighted by atomic mass is 9.98. The first kappa shape index (κ1) is 8.78. The second kappa shape index (κ2) is 8.04. The van der Waals surface area contributed by atoms with Crippen molar-refractivity contribution >= 4 is 28.3 Å². The molecule has 0 bridgehead atoms. The van der Waals surface area contributed by atoms with Crippen LogP contribution in [0.3, 0.4) is 0 Å². The van der Waals surface area contributed by atoms with Gasteiger partial charge < -0.3 is 9.47 Å². The van der Waals surface area contributed by atoms with E-state index >= 15 is 0 Å². The van der Waals surface area contributed by atoms with Crippen molar-refractivity contribution in [3.63, 3.8) is 0 Å². The zero-order chi connectivity index (χ0) is 23.1. The summed E-state index contributed by atoms with van der Waals surface area (Å²) in [6.07, 6.45) is -7.09. The molecule has 2 rings (SSSR count). The Morgan fingerprint density at radius 3 is 2.68 bits per heavy atom. The molecule has 1 atom stereocenters. The number of hydrogen-bond acceptors (Lipinski definition) is 3. The highest BCUT2D eigenvalue weighted by atomic mass is 35.5. The maximum absolute atomic E-state index is 12.5. The van der Waals surface area contributed by atoms with E-state index in [1.54, 1.807) is 43.5 Å². The van der Waals surface area contributed by atoms with Gasteiger partial charge in [-0.25, -0.2) is 0 Å². The van der Waals surface area contributed by atoms with Crippen LogP contribution in [0.4, 0.5) is 0 Å². The van der Waals surface area contributed by atoms with Crippen molar-refractivity contribution in [1.29, 1.82) is 0 Å². The number of esters is 1. The van der Waals surface area contributed by atoms with Crippen molar-refractivity contribution < 1.29 is 25.2 Å². The van der Waals surface area contributed by atoms with Crippen LogP contribution in [-0.4, -0.2) is 25.5 Å². The maximum atomic E-state index is 12.5. The van der Waals surface area contributed by atoms with Crippen molar-refractivity contribution in [2.45, 2.75) is 25.6 Å². The van der Waals surface area contributed by atoms with Crippen molar-refractivity contribution in [2.24, 2.45) is 0 Å². The summed E-state index contributed by atoms with van der Waals surface area (Å²) >= 11 is 5.29. The van der Waals surface area contributed by atoms with E-state index in [2.05, 4.69) is 4.74 Å². The molecule has 0 aliphatic rings. The van der Waals surface area contributed by atoms with Gasteiger partial charge in [-0.05, 0) is 48.1 Å². The van der Waals surface area contributed by atoms with Crippen molar-refractivity contribution in [1.82, 2.24) is 0 Å². The number of ether oxygens (including phenoxy) is 2. The number of halogens is 1. The number of fused-ring (bicyclic) bond motifs is 1. The predicted octanol–water partition coefficient (Wildman–Crippen LogP) is 4.51. The monoisotopic (exact) mass is 328 g/mol. The van der Waals surface area contributed by atoms with E-state index in [-0.39, 0.29) is 0 Å². The summed E-state index contributed by atoms with van der Waals surface area (Å²) in [5.41, 5.74) is 0.477. The first-order valence-corrected chi connectivity index (χ1v) is 6.92. The molecule has 22 heavy (non-hydrogen) atoms. The molecule has 0 aliphatic carbocycles. The quantitative estimate of drug-likeness (QED) is 0.554. The van der Waals surface area contributed by atoms with E-state index in [0.29, 0.717) is 11.3 Å². The van der Waals surface area contributed by atoms with E-state index in [4.69, 9.17) is 27.3 Å². The number of carbonyl (C=O) groups excluding carboxylic acids is 1. The molecule has 3 nitrogen and oxygen atoms in total. The Balaban J connectivity index is 2.28. The summed E-state index contributed by atoms with van der Waals surface area (Å²) < 4.78 is 70.8. The van der Waals surface area contributed by atoms with Crippen molar-refractivity contribution in [3.8, 4) is 5.75 Å². The van der Waals surface area contributed by atoms with E-state index in [0.717, 1.165) is 10.8 Å². The molecule has 0 heterocycles. The fourth-order valence-electron chi connectivity index (χ4n) is 1.99. The lowest BCUT2D eigenvalue weighted by Gasteiger charge is -2.13. The molecule has 0 N–H and O–H groups in total. The fraction of sp³-hybridized carbons (Fsp3) is 0.389. The first-order valence-electron chi connectivity index (χ1n) is 10.5. The Labute approximate surface area is 147 Å². The van der Waals surface area contributed by atoms with E-state index in [9.17, 15) is 4.79 Å². The average molecular weight is 329 g/mol.